The SMILES string of the molecule is CN1CCC(CN(C)Cc2ccc(O)cc2)C1. The fourth-order valence-corrected chi connectivity index (χ4v) is 2.59. The maximum Gasteiger partial charge on any atom is 0.115 e. The quantitative estimate of drug-likeness (QED) is 0.860. The predicted molar refractivity (Wildman–Crippen MR) is 70.0 cm³/mol. The zero-order valence-corrected chi connectivity index (χ0v) is 10.8. The molecule has 0 bridgehead atoms. The maximum absolute atomic E-state index is 9.23. The topological polar surface area (TPSA) is 26.7 Å². The van der Waals surface area contributed by atoms with Crippen LogP contribution in [0.2, 0.25) is 0 Å². The summed E-state index contributed by atoms with van der Waals surface area (Å²) in [6.45, 7) is 4.57. The van der Waals surface area contributed by atoms with Crippen LogP contribution in [-0.4, -0.2) is 48.6 Å². The fraction of sp³-hybridized carbons (Fsp3) is 0.571. The van der Waals surface area contributed by atoms with Crippen LogP contribution < -0.4 is 0 Å². The van der Waals surface area contributed by atoms with Crippen molar-refractivity contribution in [2.45, 2.75) is 13.0 Å². The van der Waals surface area contributed by atoms with Crippen molar-refractivity contribution in [3.8, 4) is 5.75 Å². The molecule has 1 N–H and O–H groups in total. The highest BCUT2D eigenvalue weighted by Crippen LogP contribution is 2.17. The molecule has 17 heavy (non-hydrogen) atoms. The molecule has 0 aliphatic carbocycles. The molecule has 1 aromatic rings. The normalized spacial score (nSPS) is 21.2. The Bertz CT molecular complexity index is 350. The average Bonchev–Trinajstić information content (AvgIpc) is 2.67. The summed E-state index contributed by atoms with van der Waals surface area (Å²) >= 11 is 0. The number of rotatable bonds is 4. The van der Waals surface area contributed by atoms with E-state index in [1.807, 2.05) is 12.1 Å². The van der Waals surface area contributed by atoms with Crippen molar-refractivity contribution < 1.29 is 5.11 Å². The molecule has 1 aliphatic heterocycles. The lowest BCUT2D eigenvalue weighted by molar-refractivity contribution is 0.267. The van der Waals surface area contributed by atoms with E-state index in [2.05, 4.69) is 23.9 Å². The van der Waals surface area contributed by atoms with Crippen LogP contribution in [0.5, 0.6) is 5.75 Å². The molecule has 0 spiro atoms. The lowest BCUT2D eigenvalue weighted by Crippen LogP contribution is -2.27. The molecule has 1 atom stereocenters. The first kappa shape index (κ1) is 12.4. The summed E-state index contributed by atoms with van der Waals surface area (Å²) in [5.74, 6) is 1.15. The summed E-state index contributed by atoms with van der Waals surface area (Å²) in [5.41, 5.74) is 1.26. The Labute approximate surface area is 104 Å². The molecule has 0 saturated carbocycles. The number of phenolic OH excluding ortho intramolecular Hbond substituents is 1. The van der Waals surface area contributed by atoms with Gasteiger partial charge in [-0.25, -0.2) is 0 Å². The van der Waals surface area contributed by atoms with Gasteiger partial charge in [-0.05, 0) is 50.7 Å². The van der Waals surface area contributed by atoms with Crippen LogP contribution in [0.1, 0.15) is 12.0 Å². The van der Waals surface area contributed by atoms with Crippen molar-refractivity contribution in [3.05, 3.63) is 29.8 Å². The number of hydrogen-bond acceptors (Lipinski definition) is 3. The lowest BCUT2D eigenvalue weighted by atomic mass is 10.1. The van der Waals surface area contributed by atoms with Gasteiger partial charge in [0.2, 0.25) is 0 Å². The van der Waals surface area contributed by atoms with Crippen molar-refractivity contribution in [1.29, 1.82) is 0 Å². The van der Waals surface area contributed by atoms with E-state index < -0.39 is 0 Å². The summed E-state index contributed by atoms with van der Waals surface area (Å²) in [6, 6.07) is 7.50. The molecule has 1 unspecified atom stereocenters. The number of hydrogen-bond donors (Lipinski definition) is 1. The van der Waals surface area contributed by atoms with E-state index in [1.165, 1.54) is 25.1 Å². The van der Waals surface area contributed by atoms with E-state index in [0.29, 0.717) is 5.75 Å². The van der Waals surface area contributed by atoms with Crippen molar-refractivity contribution >= 4 is 0 Å². The van der Waals surface area contributed by atoms with Gasteiger partial charge in [-0.1, -0.05) is 12.1 Å². The third kappa shape index (κ3) is 3.72. The van der Waals surface area contributed by atoms with E-state index in [9.17, 15) is 5.11 Å². The smallest absolute Gasteiger partial charge is 0.115 e. The Morgan fingerprint density at radius 2 is 2.06 bits per heavy atom. The Hall–Kier alpha value is -1.06. The monoisotopic (exact) mass is 234 g/mol. The molecule has 1 aromatic carbocycles. The minimum Gasteiger partial charge on any atom is -0.508 e. The fourth-order valence-electron chi connectivity index (χ4n) is 2.59. The molecule has 3 heteroatoms. The zero-order chi connectivity index (χ0) is 12.3. The third-order valence-electron chi connectivity index (χ3n) is 3.45. The molecule has 1 aliphatic rings. The van der Waals surface area contributed by atoms with Crippen LogP contribution in [0.3, 0.4) is 0 Å². The van der Waals surface area contributed by atoms with Crippen molar-refractivity contribution in [2.24, 2.45) is 5.92 Å². The minimum absolute atomic E-state index is 0.342. The van der Waals surface area contributed by atoms with Crippen molar-refractivity contribution in [3.63, 3.8) is 0 Å². The summed E-state index contributed by atoms with van der Waals surface area (Å²) in [4.78, 5) is 4.77. The van der Waals surface area contributed by atoms with Gasteiger partial charge in [0.1, 0.15) is 5.75 Å². The van der Waals surface area contributed by atoms with Crippen LogP contribution in [0.25, 0.3) is 0 Å². The summed E-state index contributed by atoms with van der Waals surface area (Å²) < 4.78 is 0. The van der Waals surface area contributed by atoms with E-state index in [-0.39, 0.29) is 0 Å². The number of benzene rings is 1. The van der Waals surface area contributed by atoms with Gasteiger partial charge in [-0.3, -0.25) is 0 Å². The van der Waals surface area contributed by atoms with E-state index in [1.54, 1.807) is 12.1 Å². The van der Waals surface area contributed by atoms with E-state index >= 15 is 0 Å². The minimum atomic E-state index is 0.342. The van der Waals surface area contributed by atoms with Gasteiger partial charge >= 0.3 is 0 Å². The van der Waals surface area contributed by atoms with Crippen LogP contribution in [0.15, 0.2) is 24.3 Å². The van der Waals surface area contributed by atoms with Crippen LogP contribution in [0.4, 0.5) is 0 Å². The van der Waals surface area contributed by atoms with E-state index in [0.717, 1.165) is 19.0 Å². The predicted octanol–water partition coefficient (Wildman–Crippen LogP) is 1.78. The molecular formula is C14H22N2O. The van der Waals surface area contributed by atoms with Crippen LogP contribution in [0, 0.1) is 5.92 Å². The van der Waals surface area contributed by atoms with Gasteiger partial charge in [0.25, 0.3) is 0 Å². The molecule has 1 heterocycles. The third-order valence-corrected chi connectivity index (χ3v) is 3.45. The van der Waals surface area contributed by atoms with Gasteiger partial charge in [-0.15, -0.1) is 0 Å². The van der Waals surface area contributed by atoms with Crippen LogP contribution in [-0.2, 0) is 6.54 Å². The van der Waals surface area contributed by atoms with Gasteiger partial charge in [0.05, 0.1) is 0 Å². The molecule has 1 saturated heterocycles. The second-order valence-corrected chi connectivity index (χ2v) is 5.28. The Morgan fingerprint density at radius 1 is 1.35 bits per heavy atom. The first-order valence-corrected chi connectivity index (χ1v) is 6.28. The highest BCUT2D eigenvalue weighted by molar-refractivity contribution is 5.25. The molecule has 0 aromatic heterocycles. The largest absolute Gasteiger partial charge is 0.508 e. The molecule has 94 valence electrons. The Balaban J connectivity index is 1.80. The number of aromatic hydroxyl groups is 1. The highest BCUT2D eigenvalue weighted by atomic mass is 16.3. The first-order chi connectivity index (χ1) is 8.13. The molecule has 3 nitrogen and oxygen atoms in total. The van der Waals surface area contributed by atoms with Crippen LogP contribution >= 0.6 is 0 Å². The number of likely N-dealkylation sites (tertiary alicyclic amines) is 1. The van der Waals surface area contributed by atoms with Gasteiger partial charge in [0, 0.05) is 19.6 Å². The Kier molecular flexibility index (Phi) is 4.02. The number of nitrogens with zero attached hydrogens (tertiary/aromatic N) is 2. The highest BCUT2D eigenvalue weighted by Gasteiger charge is 2.20. The average molecular weight is 234 g/mol. The lowest BCUT2D eigenvalue weighted by Gasteiger charge is -2.21. The van der Waals surface area contributed by atoms with Crippen molar-refractivity contribution in [1.82, 2.24) is 9.80 Å². The van der Waals surface area contributed by atoms with Gasteiger partial charge < -0.3 is 14.9 Å². The maximum atomic E-state index is 9.23. The molecule has 0 amide bonds. The summed E-state index contributed by atoms with van der Waals surface area (Å²) in [6.07, 6.45) is 1.32. The molecular weight excluding hydrogens is 212 g/mol. The molecule has 0 radical (unpaired) electrons. The standard InChI is InChI=1S/C14H22N2O/c1-15-8-7-13(10-15)11-16(2)9-12-3-5-14(17)6-4-12/h3-6,13,17H,7-11H2,1-2H3. The molecule has 2 rings (SSSR count). The summed E-state index contributed by atoms with van der Waals surface area (Å²) in [5, 5.41) is 9.23. The van der Waals surface area contributed by atoms with E-state index in [4.69, 9.17) is 0 Å². The second kappa shape index (κ2) is 5.52. The van der Waals surface area contributed by atoms with Gasteiger partial charge in [-0.2, -0.15) is 0 Å². The van der Waals surface area contributed by atoms with Crippen molar-refractivity contribution in [2.75, 3.05) is 33.7 Å². The summed E-state index contributed by atoms with van der Waals surface area (Å²) in [7, 11) is 4.37. The second-order valence-electron chi connectivity index (χ2n) is 5.28. The number of phenols is 1. The Morgan fingerprint density at radius 3 is 2.65 bits per heavy atom. The first-order valence-electron chi connectivity index (χ1n) is 6.28. The zero-order valence-electron chi connectivity index (χ0n) is 10.8. The molecule has 1 fully saturated rings. The van der Waals surface area contributed by atoms with Gasteiger partial charge in [0.15, 0.2) is 0 Å².